The summed E-state index contributed by atoms with van der Waals surface area (Å²) in [6.45, 7) is 0.732. The van der Waals surface area contributed by atoms with Crippen molar-refractivity contribution in [1.29, 1.82) is 0 Å². The van der Waals surface area contributed by atoms with Crippen LogP contribution in [0.1, 0.15) is 48.9 Å². The quantitative estimate of drug-likeness (QED) is 0.866. The van der Waals surface area contributed by atoms with Gasteiger partial charge in [-0.3, -0.25) is 4.79 Å². The molecule has 2 bridgehead atoms. The average molecular weight is 324 g/mol. The molecule has 0 saturated heterocycles. The molecule has 3 nitrogen and oxygen atoms in total. The number of fused-ring (bicyclic) bond motifs is 4. The van der Waals surface area contributed by atoms with Crippen molar-refractivity contribution >= 4 is 30.1 Å². The van der Waals surface area contributed by atoms with Gasteiger partial charge in [-0.05, 0) is 62.0 Å². The summed E-state index contributed by atoms with van der Waals surface area (Å²) in [6.07, 6.45) is 9.32. The van der Waals surface area contributed by atoms with E-state index in [-0.39, 0.29) is 17.1 Å². The lowest BCUT2D eigenvalue weighted by molar-refractivity contribution is 0.0598. The predicted octanol–water partition coefficient (Wildman–Crippen LogP) is 2.81. The highest BCUT2D eigenvalue weighted by Gasteiger charge is 2.40. The van der Waals surface area contributed by atoms with Crippen LogP contribution in [0.5, 0.6) is 0 Å². The highest BCUT2D eigenvalue weighted by molar-refractivity contribution is 6.40. The van der Waals surface area contributed by atoms with Crippen LogP contribution >= 0.6 is 0 Å². The van der Waals surface area contributed by atoms with Crippen molar-refractivity contribution in [1.82, 2.24) is 9.88 Å². The fourth-order valence-electron chi connectivity index (χ4n) is 4.65. The molecule has 1 amide bonds. The zero-order valence-electron chi connectivity index (χ0n) is 14.1. The van der Waals surface area contributed by atoms with Crippen molar-refractivity contribution in [2.24, 2.45) is 18.4 Å². The van der Waals surface area contributed by atoms with Crippen molar-refractivity contribution in [3.8, 4) is 0 Å². The van der Waals surface area contributed by atoms with Crippen molar-refractivity contribution in [3.05, 3.63) is 29.7 Å². The molecule has 0 aliphatic heterocycles. The molecule has 5 heteroatoms. The fraction of sp³-hybridized carbons (Fsp3) is 0.526. The first-order valence-electron chi connectivity index (χ1n) is 8.80. The molecule has 2 radical (unpaired) electrons. The van der Waals surface area contributed by atoms with Gasteiger partial charge in [-0.15, -0.1) is 0 Å². The summed E-state index contributed by atoms with van der Waals surface area (Å²) in [6, 6.07) is 2.70. The van der Waals surface area contributed by atoms with E-state index in [4.69, 9.17) is 7.85 Å². The first kappa shape index (κ1) is 15.7. The van der Waals surface area contributed by atoms with Gasteiger partial charge in [0, 0.05) is 25.2 Å². The van der Waals surface area contributed by atoms with Gasteiger partial charge in [0.05, 0.1) is 11.1 Å². The number of carbonyl (C=O) groups is 1. The average Bonchev–Trinajstić information content (AvgIpc) is 2.92. The molecule has 1 N–H and O–H groups in total. The highest BCUT2D eigenvalue weighted by atomic mass is 19.1. The van der Waals surface area contributed by atoms with Gasteiger partial charge >= 0.3 is 0 Å². The van der Waals surface area contributed by atoms with Gasteiger partial charge in [0.2, 0.25) is 0 Å². The first-order chi connectivity index (χ1) is 11.5. The Morgan fingerprint density at radius 1 is 1.33 bits per heavy atom. The summed E-state index contributed by atoms with van der Waals surface area (Å²) >= 11 is 0. The van der Waals surface area contributed by atoms with Gasteiger partial charge in [-0.25, -0.2) is 4.39 Å². The van der Waals surface area contributed by atoms with E-state index in [0.717, 1.165) is 12.5 Å². The third kappa shape index (κ3) is 2.54. The number of hydrogen-bond donors (Lipinski definition) is 1. The molecule has 1 aromatic heterocycles. The smallest absolute Gasteiger partial charge is 0.253 e. The molecule has 2 aromatic rings. The second kappa shape index (κ2) is 5.64. The number of benzene rings is 1. The molecule has 0 atom stereocenters. The molecular weight excluding hydrogens is 302 g/mol. The maximum absolute atomic E-state index is 13.6. The normalized spacial score (nSPS) is 26.0. The third-order valence-corrected chi connectivity index (χ3v) is 6.20. The Balaban J connectivity index is 1.58. The zero-order valence-corrected chi connectivity index (χ0v) is 14.1. The Morgan fingerprint density at radius 3 is 2.67 bits per heavy atom. The molecule has 1 heterocycles. The zero-order chi connectivity index (χ0) is 16.9. The molecule has 3 fully saturated rings. The summed E-state index contributed by atoms with van der Waals surface area (Å²) in [5, 5.41) is 3.77. The summed E-state index contributed by atoms with van der Waals surface area (Å²) in [5.41, 5.74) is 1.78. The summed E-state index contributed by atoms with van der Waals surface area (Å²) in [4.78, 5) is 12.7. The predicted molar refractivity (Wildman–Crippen MR) is 94.2 cm³/mol. The number of hydrogen-bond acceptors (Lipinski definition) is 1. The number of aryl methyl sites for hydroxylation is 1. The van der Waals surface area contributed by atoms with Crippen molar-refractivity contribution in [3.63, 3.8) is 0 Å². The number of nitrogens with one attached hydrogen (secondary N) is 1. The summed E-state index contributed by atoms with van der Waals surface area (Å²) in [7, 11) is 7.78. The van der Waals surface area contributed by atoms with Crippen molar-refractivity contribution in [2.45, 2.75) is 38.5 Å². The van der Waals surface area contributed by atoms with E-state index in [0.29, 0.717) is 21.9 Å². The van der Waals surface area contributed by atoms with Crippen LogP contribution in [0.3, 0.4) is 0 Å². The molecule has 124 valence electrons. The largest absolute Gasteiger partial charge is 0.351 e. The SMILES string of the molecule is [B]c1cc(F)cc2c1c(C(=O)NCC13CCC(CC1)CC3)cn2C. The number of aromatic nitrogens is 1. The van der Waals surface area contributed by atoms with Crippen LogP contribution in [0.25, 0.3) is 10.9 Å². The standard InChI is InChI=1S/C19H22BFN2O/c1-23-10-14(17-15(20)8-13(21)9-16(17)23)18(24)22-11-19-5-2-12(3-6-19)4-7-19/h8-10,12H,2-7,11H2,1H3,(H,22,24). The van der Waals surface area contributed by atoms with Crippen LogP contribution in [-0.2, 0) is 7.05 Å². The lowest BCUT2D eigenvalue weighted by atomic mass is 9.61. The molecule has 3 saturated carbocycles. The van der Waals surface area contributed by atoms with Crippen LogP contribution < -0.4 is 10.8 Å². The lowest BCUT2D eigenvalue weighted by Gasteiger charge is -2.46. The van der Waals surface area contributed by atoms with Crippen molar-refractivity contribution in [2.75, 3.05) is 6.54 Å². The molecule has 3 aliphatic rings. The molecule has 5 rings (SSSR count). The molecular formula is C19H22BFN2O. The summed E-state index contributed by atoms with van der Waals surface area (Å²) in [5.74, 6) is 0.419. The minimum Gasteiger partial charge on any atom is -0.351 e. The van der Waals surface area contributed by atoms with E-state index in [1.54, 1.807) is 17.8 Å². The minimum atomic E-state index is -0.383. The molecule has 3 aliphatic carbocycles. The lowest BCUT2D eigenvalue weighted by Crippen LogP contribution is -2.43. The van der Waals surface area contributed by atoms with Crippen LogP contribution in [-0.4, -0.2) is 24.9 Å². The molecule has 1 aromatic carbocycles. The number of carbonyl (C=O) groups excluding carboxylic acids is 1. The molecule has 24 heavy (non-hydrogen) atoms. The fourth-order valence-corrected chi connectivity index (χ4v) is 4.65. The minimum absolute atomic E-state index is 0.110. The van der Waals surface area contributed by atoms with Gasteiger partial charge in [0.25, 0.3) is 5.91 Å². The van der Waals surface area contributed by atoms with Gasteiger partial charge in [0.1, 0.15) is 13.7 Å². The summed E-state index contributed by atoms with van der Waals surface area (Å²) < 4.78 is 15.3. The van der Waals surface area contributed by atoms with E-state index in [1.807, 2.05) is 0 Å². The van der Waals surface area contributed by atoms with Gasteiger partial charge in [0.15, 0.2) is 0 Å². The van der Waals surface area contributed by atoms with Crippen molar-refractivity contribution < 1.29 is 9.18 Å². The second-order valence-corrected chi connectivity index (χ2v) is 7.71. The monoisotopic (exact) mass is 324 g/mol. The molecule has 0 unspecified atom stereocenters. The Kier molecular flexibility index (Phi) is 3.70. The Labute approximate surface area is 143 Å². The molecule has 0 spiro atoms. The number of halogens is 1. The Bertz CT molecular complexity index is 792. The van der Waals surface area contributed by atoms with E-state index < -0.39 is 0 Å². The Morgan fingerprint density at radius 2 is 2.00 bits per heavy atom. The Hall–Kier alpha value is -1.78. The highest BCUT2D eigenvalue weighted by Crippen LogP contribution is 2.49. The van der Waals surface area contributed by atoms with E-state index in [1.165, 1.54) is 50.7 Å². The maximum atomic E-state index is 13.6. The topological polar surface area (TPSA) is 34.0 Å². The number of rotatable bonds is 3. The van der Waals surface area contributed by atoms with E-state index in [9.17, 15) is 9.18 Å². The van der Waals surface area contributed by atoms with Crippen LogP contribution in [0, 0.1) is 17.2 Å². The number of nitrogens with zero attached hydrogens (tertiary/aromatic N) is 1. The maximum Gasteiger partial charge on any atom is 0.253 e. The third-order valence-electron chi connectivity index (χ3n) is 6.20. The van der Waals surface area contributed by atoms with E-state index >= 15 is 0 Å². The van der Waals surface area contributed by atoms with Crippen LogP contribution in [0.15, 0.2) is 18.3 Å². The van der Waals surface area contributed by atoms with Crippen LogP contribution in [0.4, 0.5) is 4.39 Å². The van der Waals surface area contributed by atoms with Gasteiger partial charge in [-0.2, -0.15) is 0 Å². The first-order valence-corrected chi connectivity index (χ1v) is 8.80. The van der Waals surface area contributed by atoms with Gasteiger partial charge < -0.3 is 9.88 Å². The van der Waals surface area contributed by atoms with E-state index in [2.05, 4.69) is 5.32 Å². The number of amides is 1. The van der Waals surface area contributed by atoms with Gasteiger partial charge in [-0.1, -0.05) is 5.46 Å². The second-order valence-electron chi connectivity index (χ2n) is 7.71. The van der Waals surface area contributed by atoms with Crippen LogP contribution in [0.2, 0.25) is 0 Å².